The lowest BCUT2D eigenvalue weighted by atomic mass is 10.2. The quantitative estimate of drug-likeness (QED) is 0.499. The first kappa shape index (κ1) is 19.1. The SMILES string of the molecule is COc1ccc(C)cc1NCc1cc2ccccc2n1S(=O)(=O)c1ccccc1. The Labute approximate surface area is 170 Å². The second kappa shape index (κ2) is 7.64. The van der Waals surface area contributed by atoms with E-state index in [2.05, 4.69) is 5.32 Å². The molecule has 0 fully saturated rings. The molecule has 1 heterocycles. The normalized spacial score (nSPS) is 11.5. The van der Waals surface area contributed by atoms with Crippen LogP contribution < -0.4 is 10.1 Å². The van der Waals surface area contributed by atoms with E-state index in [9.17, 15) is 8.42 Å². The number of methoxy groups -OCH3 is 1. The largest absolute Gasteiger partial charge is 0.495 e. The fourth-order valence-corrected chi connectivity index (χ4v) is 5.00. The van der Waals surface area contributed by atoms with Crippen molar-refractivity contribution >= 4 is 26.6 Å². The van der Waals surface area contributed by atoms with Crippen LogP contribution >= 0.6 is 0 Å². The van der Waals surface area contributed by atoms with Gasteiger partial charge in [-0.25, -0.2) is 12.4 Å². The van der Waals surface area contributed by atoms with Crippen molar-refractivity contribution in [2.75, 3.05) is 12.4 Å². The van der Waals surface area contributed by atoms with Crippen LogP contribution in [-0.4, -0.2) is 19.5 Å². The van der Waals surface area contributed by atoms with Crippen molar-refractivity contribution in [2.24, 2.45) is 0 Å². The first-order chi connectivity index (χ1) is 14.0. The highest BCUT2D eigenvalue weighted by Gasteiger charge is 2.22. The van der Waals surface area contributed by atoms with Gasteiger partial charge in [0.05, 0.1) is 35.4 Å². The lowest BCUT2D eigenvalue weighted by Gasteiger charge is -2.15. The molecule has 0 aliphatic rings. The Bertz CT molecular complexity index is 1260. The summed E-state index contributed by atoms with van der Waals surface area (Å²) in [6.45, 7) is 2.34. The highest BCUT2D eigenvalue weighted by molar-refractivity contribution is 7.90. The number of anilines is 1. The number of nitrogens with one attached hydrogen (secondary N) is 1. The standard InChI is InChI=1S/C23H22N2O3S/c1-17-12-13-23(28-2)21(14-17)24-16-19-15-18-8-6-7-11-22(18)25(19)29(26,27)20-9-4-3-5-10-20/h3-15,24H,16H2,1-2H3. The molecule has 0 spiro atoms. The average molecular weight is 407 g/mol. The fourth-order valence-electron chi connectivity index (χ4n) is 3.44. The molecule has 0 aliphatic heterocycles. The molecule has 4 aromatic rings. The van der Waals surface area contributed by atoms with Crippen LogP contribution in [0.15, 0.2) is 83.8 Å². The van der Waals surface area contributed by atoms with E-state index in [4.69, 9.17) is 4.74 Å². The number of hydrogen-bond acceptors (Lipinski definition) is 4. The summed E-state index contributed by atoms with van der Waals surface area (Å²) in [5.41, 5.74) is 3.22. The summed E-state index contributed by atoms with van der Waals surface area (Å²) in [4.78, 5) is 0.260. The number of ether oxygens (including phenoxy) is 1. The van der Waals surface area contributed by atoms with Gasteiger partial charge in [0.15, 0.2) is 0 Å². The third kappa shape index (κ3) is 3.59. The van der Waals surface area contributed by atoms with Crippen molar-refractivity contribution in [2.45, 2.75) is 18.4 Å². The second-order valence-corrected chi connectivity index (χ2v) is 8.62. The summed E-state index contributed by atoms with van der Waals surface area (Å²) < 4.78 is 33.7. The van der Waals surface area contributed by atoms with E-state index in [1.165, 1.54) is 3.97 Å². The van der Waals surface area contributed by atoms with Gasteiger partial charge >= 0.3 is 0 Å². The Kier molecular flexibility index (Phi) is 5.03. The van der Waals surface area contributed by atoms with E-state index in [0.717, 1.165) is 16.6 Å². The predicted octanol–water partition coefficient (Wildman–Crippen LogP) is 4.81. The van der Waals surface area contributed by atoms with Crippen LogP contribution in [0.2, 0.25) is 0 Å². The van der Waals surface area contributed by atoms with Gasteiger partial charge in [0.25, 0.3) is 10.0 Å². The predicted molar refractivity (Wildman–Crippen MR) is 116 cm³/mol. The van der Waals surface area contributed by atoms with E-state index in [1.807, 2.05) is 55.5 Å². The molecule has 0 atom stereocenters. The van der Waals surface area contributed by atoms with Gasteiger partial charge in [0, 0.05) is 5.39 Å². The summed E-state index contributed by atoms with van der Waals surface area (Å²) in [5.74, 6) is 0.712. The number of hydrogen-bond donors (Lipinski definition) is 1. The van der Waals surface area contributed by atoms with Gasteiger partial charge in [0.1, 0.15) is 5.75 Å². The number of rotatable bonds is 6. The van der Waals surface area contributed by atoms with Gasteiger partial charge in [0.2, 0.25) is 0 Å². The third-order valence-corrected chi connectivity index (χ3v) is 6.61. The smallest absolute Gasteiger partial charge is 0.268 e. The first-order valence-electron chi connectivity index (χ1n) is 9.29. The van der Waals surface area contributed by atoms with Gasteiger partial charge in [-0.15, -0.1) is 0 Å². The van der Waals surface area contributed by atoms with Crippen LogP contribution in [0.1, 0.15) is 11.3 Å². The van der Waals surface area contributed by atoms with Crippen LogP contribution in [-0.2, 0) is 16.6 Å². The van der Waals surface area contributed by atoms with Crippen LogP contribution in [0, 0.1) is 6.92 Å². The zero-order chi connectivity index (χ0) is 20.4. The molecule has 5 nitrogen and oxygen atoms in total. The Morgan fingerprint density at radius 3 is 2.41 bits per heavy atom. The zero-order valence-electron chi connectivity index (χ0n) is 16.3. The van der Waals surface area contributed by atoms with E-state index in [-0.39, 0.29) is 4.90 Å². The molecular weight excluding hydrogens is 384 g/mol. The minimum atomic E-state index is -3.74. The summed E-state index contributed by atoms with van der Waals surface area (Å²) in [6, 6.07) is 23.8. The molecule has 1 N–H and O–H groups in total. The van der Waals surface area contributed by atoms with Crippen molar-refractivity contribution in [1.82, 2.24) is 3.97 Å². The number of aryl methyl sites for hydroxylation is 1. The second-order valence-electron chi connectivity index (χ2n) is 6.83. The number of fused-ring (bicyclic) bond motifs is 1. The minimum Gasteiger partial charge on any atom is -0.495 e. The monoisotopic (exact) mass is 406 g/mol. The van der Waals surface area contributed by atoms with Gasteiger partial charge in [-0.1, -0.05) is 42.5 Å². The van der Waals surface area contributed by atoms with Gasteiger partial charge < -0.3 is 10.1 Å². The lowest BCUT2D eigenvalue weighted by Crippen LogP contribution is -2.17. The van der Waals surface area contributed by atoms with Crippen molar-refractivity contribution in [3.63, 3.8) is 0 Å². The molecule has 29 heavy (non-hydrogen) atoms. The summed E-state index contributed by atoms with van der Waals surface area (Å²) in [5, 5.41) is 4.21. The molecule has 6 heteroatoms. The molecule has 4 rings (SSSR count). The molecule has 0 saturated carbocycles. The van der Waals surface area contributed by atoms with Crippen molar-refractivity contribution in [3.8, 4) is 5.75 Å². The van der Waals surface area contributed by atoms with E-state index in [1.54, 1.807) is 37.4 Å². The fraction of sp³-hybridized carbons (Fsp3) is 0.130. The van der Waals surface area contributed by atoms with Crippen molar-refractivity contribution < 1.29 is 13.2 Å². The zero-order valence-corrected chi connectivity index (χ0v) is 17.1. The molecule has 3 aromatic carbocycles. The van der Waals surface area contributed by atoms with Crippen molar-refractivity contribution in [3.05, 3.63) is 90.1 Å². The Morgan fingerprint density at radius 1 is 0.931 bits per heavy atom. The molecule has 0 aliphatic carbocycles. The summed E-state index contributed by atoms with van der Waals surface area (Å²) >= 11 is 0. The maximum absolute atomic E-state index is 13.4. The molecule has 0 amide bonds. The first-order valence-corrected chi connectivity index (χ1v) is 10.7. The minimum absolute atomic E-state index is 0.260. The third-order valence-electron chi connectivity index (χ3n) is 4.83. The molecule has 0 bridgehead atoms. The summed E-state index contributed by atoms with van der Waals surface area (Å²) in [6.07, 6.45) is 0. The number of nitrogens with zero attached hydrogens (tertiary/aromatic N) is 1. The number of para-hydroxylation sites is 1. The summed E-state index contributed by atoms with van der Waals surface area (Å²) in [7, 11) is -2.12. The van der Waals surface area contributed by atoms with Crippen LogP contribution in [0.3, 0.4) is 0 Å². The number of aromatic nitrogens is 1. The van der Waals surface area contributed by atoms with Crippen LogP contribution in [0.25, 0.3) is 10.9 Å². The molecule has 0 unspecified atom stereocenters. The van der Waals surface area contributed by atoms with E-state index in [0.29, 0.717) is 23.5 Å². The maximum Gasteiger partial charge on any atom is 0.268 e. The molecule has 1 aromatic heterocycles. The lowest BCUT2D eigenvalue weighted by molar-refractivity contribution is 0.416. The Hall–Kier alpha value is -3.25. The maximum atomic E-state index is 13.4. The van der Waals surface area contributed by atoms with E-state index < -0.39 is 10.0 Å². The Balaban J connectivity index is 1.80. The molecule has 0 radical (unpaired) electrons. The van der Waals surface area contributed by atoms with Gasteiger partial charge in [-0.05, 0) is 48.9 Å². The molecular formula is C23H22N2O3S. The average Bonchev–Trinajstić information content (AvgIpc) is 3.12. The highest BCUT2D eigenvalue weighted by Crippen LogP contribution is 2.29. The molecule has 0 saturated heterocycles. The van der Waals surface area contributed by atoms with Gasteiger partial charge in [-0.2, -0.15) is 0 Å². The molecule has 148 valence electrons. The topological polar surface area (TPSA) is 60.3 Å². The highest BCUT2D eigenvalue weighted by atomic mass is 32.2. The Morgan fingerprint density at radius 2 is 1.66 bits per heavy atom. The van der Waals surface area contributed by atoms with Crippen LogP contribution in [0.4, 0.5) is 5.69 Å². The van der Waals surface area contributed by atoms with Crippen LogP contribution in [0.5, 0.6) is 5.75 Å². The van der Waals surface area contributed by atoms with Gasteiger partial charge in [-0.3, -0.25) is 0 Å². The van der Waals surface area contributed by atoms with Crippen molar-refractivity contribution in [1.29, 1.82) is 0 Å². The van der Waals surface area contributed by atoms with E-state index >= 15 is 0 Å². The number of benzene rings is 3.